The van der Waals surface area contributed by atoms with Gasteiger partial charge in [0.25, 0.3) is 0 Å². The summed E-state index contributed by atoms with van der Waals surface area (Å²) in [7, 11) is -0.369. The van der Waals surface area contributed by atoms with Gasteiger partial charge >= 0.3 is 7.05 Å². The molecule has 0 unspecified atom stereocenters. The molecule has 64 valence electrons. The van der Waals surface area contributed by atoms with Crippen LogP contribution in [0.3, 0.4) is 0 Å². The average Bonchev–Trinajstić information content (AvgIpc) is 1.86. The van der Waals surface area contributed by atoms with Gasteiger partial charge in [-0.15, -0.1) is 0 Å². The van der Waals surface area contributed by atoms with Crippen LogP contribution in [0.25, 0.3) is 0 Å². The topological polar surface area (TPSA) is 43.7 Å². The van der Waals surface area contributed by atoms with Gasteiger partial charge in [-0.2, -0.15) is 0 Å². The predicted molar refractivity (Wildman–Crippen MR) is 45.3 cm³/mol. The van der Waals surface area contributed by atoms with E-state index in [4.69, 9.17) is 0 Å². The van der Waals surface area contributed by atoms with Crippen molar-refractivity contribution in [3.8, 4) is 0 Å². The van der Waals surface area contributed by atoms with Crippen molar-refractivity contribution in [2.24, 2.45) is 0 Å². The van der Waals surface area contributed by atoms with E-state index in [9.17, 15) is 10.1 Å². The minimum absolute atomic E-state index is 0.369. The van der Waals surface area contributed by atoms with Gasteiger partial charge in [0.2, 0.25) is 0 Å². The van der Waals surface area contributed by atoms with E-state index in [1.807, 2.05) is 11.7 Å². The normalized spacial score (nSPS) is 25.1. The fourth-order valence-electron chi connectivity index (χ4n) is 1.38. The number of aliphatic hydroxyl groups is 1. The van der Waals surface area contributed by atoms with Crippen LogP contribution in [-0.2, 0) is 0 Å². The Morgan fingerprint density at radius 3 is 2.18 bits per heavy atom. The van der Waals surface area contributed by atoms with Crippen LogP contribution in [-0.4, -0.2) is 40.7 Å². The average molecular weight is 157 g/mol. The minimum Gasteiger partial charge on any atom is -0.437 e. The van der Waals surface area contributed by atoms with Gasteiger partial charge in [0.1, 0.15) is 0 Å². The van der Waals surface area contributed by atoms with Crippen molar-refractivity contribution in [3.63, 3.8) is 0 Å². The third-order valence-corrected chi connectivity index (χ3v) is 2.40. The van der Waals surface area contributed by atoms with Gasteiger partial charge in [0.15, 0.2) is 0 Å². The Balaban J connectivity index is 2.36. The summed E-state index contributed by atoms with van der Waals surface area (Å²) in [6, 6.07) is 0. The molecule has 0 radical (unpaired) electrons. The van der Waals surface area contributed by atoms with Gasteiger partial charge in [-0.1, -0.05) is 0 Å². The number of rotatable bonds is 1. The summed E-state index contributed by atoms with van der Waals surface area (Å²) < 4.78 is 0. The van der Waals surface area contributed by atoms with E-state index in [-0.39, 0.29) is 7.05 Å². The second kappa shape index (κ2) is 3.13. The standard InChI is InChI=1S/C7H16BNO2/c1-7(10)3-5-9(6-4-7)8(2)11/h10-11H,3-6H2,1-2H3. The highest BCUT2D eigenvalue weighted by Crippen LogP contribution is 2.20. The van der Waals surface area contributed by atoms with Crippen LogP contribution < -0.4 is 0 Å². The molecule has 0 saturated carbocycles. The maximum atomic E-state index is 9.57. The van der Waals surface area contributed by atoms with E-state index >= 15 is 0 Å². The zero-order chi connectivity index (χ0) is 8.48. The molecule has 0 atom stereocenters. The van der Waals surface area contributed by atoms with Crippen LogP contribution in [0.15, 0.2) is 0 Å². The summed E-state index contributed by atoms with van der Waals surface area (Å²) in [5.41, 5.74) is -0.509. The van der Waals surface area contributed by atoms with Crippen LogP contribution in [0, 0.1) is 0 Å². The fourth-order valence-corrected chi connectivity index (χ4v) is 1.38. The second-order valence-corrected chi connectivity index (χ2v) is 3.66. The number of hydrogen-bond acceptors (Lipinski definition) is 3. The molecule has 11 heavy (non-hydrogen) atoms. The Hall–Kier alpha value is -0.0551. The first-order chi connectivity index (χ1) is 5.01. The molecule has 1 fully saturated rings. The maximum Gasteiger partial charge on any atom is 0.376 e. The third-order valence-electron chi connectivity index (χ3n) is 2.40. The SMILES string of the molecule is CB(O)N1CCC(C)(O)CC1. The number of nitrogens with zero attached hydrogens (tertiary/aromatic N) is 1. The maximum absolute atomic E-state index is 9.57. The molecule has 1 saturated heterocycles. The number of hydrogen-bond donors (Lipinski definition) is 2. The highest BCUT2D eigenvalue weighted by molar-refractivity contribution is 6.45. The first kappa shape index (κ1) is 9.04. The summed E-state index contributed by atoms with van der Waals surface area (Å²) in [6.07, 6.45) is 1.52. The first-order valence-corrected chi connectivity index (χ1v) is 4.16. The molecule has 0 aromatic heterocycles. The third kappa shape index (κ3) is 2.47. The summed E-state index contributed by atoms with van der Waals surface area (Å²) in [4.78, 5) is 1.97. The highest BCUT2D eigenvalue weighted by atomic mass is 16.3. The molecule has 0 bridgehead atoms. The van der Waals surface area contributed by atoms with Crippen molar-refractivity contribution in [1.29, 1.82) is 0 Å². The summed E-state index contributed by atoms with van der Waals surface area (Å²) >= 11 is 0. The Labute approximate surface area is 68.2 Å². The second-order valence-electron chi connectivity index (χ2n) is 3.66. The molecule has 0 aromatic carbocycles. The van der Waals surface area contributed by atoms with Gasteiger partial charge < -0.3 is 14.9 Å². The lowest BCUT2D eigenvalue weighted by Gasteiger charge is -2.36. The van der Waals surface area contributed by atoms with Gasteiger partial charge in [-0.3, -0.25) is 0 Å². The highest BCUT2D eigenvalue weighted by Gasteiger charge is 2.29. The van der Waals surface area contributed by atoms with Gasteiger partial charge in [0, 0.05) is 0 Å². The van der Waals surface area contributed by atoms with Gasteiger partial charge in [0.05, 0.1) is 5.60 Å². The predicted octanol–water partition coefficient (Wildman–Crippen LogP) is -0.0565. The van der Waals surface area contributed by atoms with Crippen molar-refractivity contribution >= 4 is 7.05 Å². The molecule has 1 aliphatic rings. The van der Waals surface area contributed by atoms with Crippen molar-refractivity contribution in [2.45, 2.75) is 32.2 Å². The smallest absolute Gasteiger partial charge is 0.376 e. The lowest BCUT2D eigenvalue weighted by atomic mass is 9.80. The Morgan fingerprint density at radius 2 is 1.82 bits per heavy atom. The molecule has 4 heteroatoms. The van der Waals surface area contributed by atoms with Gasteiger partial charge in [-0.05, 0) is 39.7 Å². The Kier molecular flexibility index (Phi) is 2.57. The van der Waals surface area contributed by atoms with E-state index in [2.05, 4.69) is 0 Å². The Bertz CT molecular complexity index is 128. The molecule has 3 nitrogen and oxygen atoms in total. The molecule has 1 aliphatic heterocycles. The van der Waals surface area contributed by atoms with Crippen molar-refractivity contribution < 1.29 is 10.1 Å². The van der Waals surface area contributed by atoms with E-state index < -0.39 is 5.60 Å². The number of piperidine rings is 1. The van der Waals surface area contributed by atoms with E-state index in [1.54, 1.807) is 6.82 Å². The molecular weight excluding hydrogens is 141 g/mol. The summed E-state index contributed by atoms with van der Waals surface area (Å²) in [5, 5.41) is 18.8. The largest absolute Gasteiger partial charge is 0.437 e. The Morgan fingerprint density at radius 1 is 1.36 bits per heavy atom. The molecule has 1 heterocycles. The van der Waals surface area contributed by atoms with Crippen LogP contribution in [0.1, 0.15) is 19.8 Å². The van der Waals surface area contributed by atoms with Crippen LogP contribution in [0.5, 0.6) is 0 Å². The van der Waals surface area contributed by atoms with Crippen molar-refractivity contribution in [3.05, 3.63) is 0 Å². The zero-order valence-corrected chi connectivity index (χ0v) is 7.25. The fraction of sp³-hybridized carbons (Fsp3) is 1.00. The van der Waals surface area contributed by atoms with Crippen molar-refractivity contribution in [2.75, 3.05) is 13.1 Å². The molecule has 2 N–H and O–H groups in total. The van der Waals surface area contributed by atoms with Crippen LogP contribution in [0.4, 0.5) is 0 Å². The van der Waals surface area contributed by atoms with Crippen molar-refractivity contribution in [1.82, 2.24) is 4.81 Å². The van der Waals surface area contributed by atoms with E-state index in [0.29, 0.717) is 0 Å². The van der Waals surface area contributed by atoms with Crippen LogP contribution in [0.2, 0.25) is 6.82 Å². The molecule has 0 aliphatic carbocycles. The summed E-state index contributed by atoms with van der Waals surface area (Å²) in [5.74, 6) is 0. The molecule has 0 spiro atoms. The van der Waals surface area contributed by atoms with E-state index in [0.717, 1.165) is 25.9 Å². The monoisotopic (exact) mass is 157 g/mol. The first-order valence-electron chi connectivity index (χ1n) is 4.16. The lowest BCUT2D eigenvalue weighted by Crippen LogP contribution is -2.48. The van der Waals surface area contributed by atoms with Crippen LogP contribution >= 0.6 is 0 Å². The molecular formula is C7H16BNO2. The van der Waals surface area contributed by atoms with E-state index in [1.165, 1.54) is 0 Å². The zero-order valence-electron chi connectivity index (χ0n) is 7.25. The summed E-state index contributed by atoms with van der Waals surface area (Å²) in [6.45, 7) is 5.21. The molecule has 0 amide bonds. The minimum atomic E-state index is -0.509. The lowest BCUT2D eigenvalue weighted by molar-refractivity contribution is 0.00922. The quantitative estimate of drug-likeness (QED) is 0.524. The van der Waals surface area contributed by atoms with Gasteiger partial charge in [-0.25, -0.2) is 0 Å². The molecule has 0 aromatic rings. The molecule has 1 rings (SSSR count).